The Balaban J connectivity index is 1.81. The van der Waals surface area contributed by atoms with Crippen LogP contribution in [0.3, 0.4) is 0 Å². The molecule has 2 N–H and O–H groups in total. The average molecular weight is 284 g/mol. The predicted octanol–water partition coefficient (Wildman–Crippen LogP) is 1.63. The fourth-order valence-corrected chi connectivity index (χ4v) is 3.97. The number of rotatable bonds is 8. The molecular weight excluding hydrogens is 252 g/mol. The first-order valence-corrected chi connectivity index (χ1v) is 8.35. The molecule has 0 aromatic rings. The lowest BCUT2D eigenvalue weighted by molar-refractivity contribution is 0.0987. The molecule has 3 atom stereocenters. The van der Waals surface area contributed by atoms with Crippen LogP contribution in [-0.4, -0.2) is 61.5 Å². The van der Waals surface area contributed by atoms with E-state index in [0.29, 0.717) is 18.6 Å². The Morgan fingerprint density at radius 3 is 2.90 bits per heavy atom. The Morgan fingerprint density at radius 2 is 2.25 bits per heavy atom. The standard InChI is InChI=1S/C16H32N2O2/c1-3-9-17-16(13-19)8-4-5-14(16)6-10-18-11-7-15(12-18)20-2/h14-15,17,19H,3-13H2,1-2H3. The molecule has 0 aromatic carbocycles. The predicted molar refractivity (Wildman–Crippen MR) is 81.9 cm³/mol. The summed E-state index contributed by atoms with van der Waals surface area (Å²) in [6.07, 6.45) is 7.58. The average Bonchev–Trinajstić information content (AvgIpc) is 3.10. The number of hydrogen-bond acceptors (Lipinski definition) is 4. The second-order valence-electron chi connectivity index (χ2n) is 6.57. The van der Waals surface area contributed by atoms with Crippen LogP contribution >= 0.6 is 0 Å². The van der Waals surface area contributed by atoms with Crippen molar-refractivity contribution in [3.63, 3.8) is 0 Å². The normalized spacial score (nSPS) is 35.0. The summed E-state index contributed by atoms with van der Waals surface area (Å²) in [6.45, 7) is 6.90. The van der Waals surface area contributed by atoms with Crippen LogP contribution in [-0.2, 0) is 4.74 Å². The van der Waals surface area contributed by atoms with E-state index >= 15 is 0 Å². The maximum Gasteiger partial charge on any atom is 0.0710 e. The Labute approximate surface area is 123 Å². The van der Waals surface area contributed by atoms with Crippen molar-refractivity contribution >= 4 is 0 Å². The van der Waals surface area contributed by atoms with Gasteiger partial charge in [0.2, 0.25) is 0 Å². The zero-order chi connectivity index (χ0) is 14.4. The highest BCUT2D eigenvalue weighted by atomic mass is 16.5. The molecule has 0 amide bonds. The zero-order valence-electron chi connectivity index (χ0n) is 13.2. The topological polar surface area (TPSA) is 44.7 Å². The zero-order valence-corrected chi connectivity index (χ0v) is 13.2. The SMILES string of the molecule is CCCNC1(CO)CCCC1CCN1CCC(OC)C1. The van der Waals surface area contributed by atoms with E-state index in [2.05, 4.69) is 17.1 Å². The smallest absolute Gasteiger partial charge is 0.0710 e. The first-order chi connectivity index (χ1) is 9.74. The van der Waals surface area contributed by atoms with Crippen LogP contribution in [0.5, 0.6) is 0 Å². The van der Waals surface area contributed by atoms with Crippen LogP contribution in [0.2, 0.25) is 0 Å². The van der Waals surface area contributed by atoms with Crippen LogP contribution in [0, 0.1) is 5.92 Å². The molecule has 20 heavy (non-hydrogen) atoms. The Hall–Kier alpha value is -0.160. The Morgan fingerprint density at radius 1 is 1.40 bits per heavy atom. The van der Waals surface area contributed by atoms with E-state index in [0.717, 1.165) is 32.5 Å². The highest BCUT2D eigenvalue weighted by Crippen LogP contribution is 2.38. The molecule has 1 saturated carbocycles. The van der Waals surface area contributed by atoms with Crippen LogP contribution in [0.1, 0.15) is 45.4 Å². The number of ether oxygens (including phenoxy) is 1. The maximum absolute atomic E-state index is 9.89. The van der Waals surface area contributed by atoms with Crippen LogP contribution in [0.4, 0.5) is 0 Å². The summed E-state index contributed by atoms with van der Waals surface area (Å²) in [5.41, 5.74) is -0.00358. The van der Waals surface area contributed by atoms with Gasteiger partial charge in [0.05, 0.1) is 12.7 Å². The first-order valence-electron chi connectivity index (χ1n) is 8.35. The van der Waals surface area contributed by atoms with Crippen molar-refractivity contribution < 1.29 is 9.84 Å². The summed E-state index contributed by atoms with van der Waals surface area (Å²) < 4.78 is 5.43. The van der Waals surface area contributed by atoms with E-state index in [-0.39, 0.29) is 5.54 Å². The molecule has 1 heterocycles. The summed E-state index contributed by atoms with van der Waals surface area (Å²) in [6, 6.07) is 0. The van der Waals surface area contributed by atoms with Gasteiger partial charge in [-0.05, 0) is 51.1 Å². The van der Waals surface area contributed by atoms with Gasteiger partial charge in [0.1, 0.15) is 0 Å². The van der Waals surface area contributed by atoms with Crippen molar-refractivity contribution in [2.75, 3.05) is 39.9 Å². The molecule has 2 aliphatic rings. The summed E-state index contributed by atoms with van der Waals surface area (Å²) in [5, 5.41) is 13.5. The van der Waals surface area contributed by atoms with Crippen LogP contribution < -0.4 is 5.32 Å². The van der Waals surface area contributed by atoms with Gasteiger partial charge < -0.3 is 20.1 Å². The molecule has 1 aliphatic carbocycles. The van der Waals surface area contributed by atoms with E-state index in [1.165, 1.54) is 32.2 Å². The number of nitrogens with one attached hydrogen (secondary N) is 1. The van der Waals surface area contributed by atoms with E-state index in [9.17, 15) is 5.11 Å². The molecule has 2 fully saturated rings. The van der Waals surface area contributed by atoms with Crippen molar-refractivity contribution in [3.05, 3.63) is 0 Å². The third-order valence-corrected chi connectivity index (χ3v) is 5.32. The van der Waals surface area contributed by atoms with Gasteiger partial charge in [0.15, 0.2) is 0 Å². The molecular formula is C16H32N2O2. The summed E-state index contributed by atoms with van der Waals surface area (Å²) in [5.74, 6) is 0.626. The molecule has 118 valence electrons. The summed E-state index contributed by atoms with van der Waals surface area (Å²) >= 11 is 0. The number of likely N-dealkylation sites (tertiary alicyclic amines) is 1. The first kappa shape index (κ1) is 16.2. The van der Waals surface area contributed by atoms with Gasteiger partial charge in [-0.25, -0.2) is 0 Å². The quantitative estimate of drug-likeness (QED) is 0.711. The van der Waals surface area contributed by atoms with Crippen molar-refractivity contribution in [2.45, 2.75) is 57.1 Å². The molecule has 0 aromatic heterocycles. The van der Waals surface area contributed by atoms with Gasteiger partial charge in [-0.1, -0.05) is 13.3 Å². The molecule has 4 nitrogen and oxygen atoms in total. The number of nitrogens with zero attached hydrogens (tertiary/aromatic N) is 1. The fraction of sp³-hybridized carbons (Fsp3) is 1.00. The lowest BCUT2D eigenvalue weighted by atomic mass is 9.85. The van der Waals surface area contributed by atoms with E-state index < -0.39 is 0 Å². The minimum absolute atomic E-state index is 0.00358. The van der Waals surface area contributed by atoms with Crippen molar-refractivity contribution in [1.29, 1.82) is 0 Å². The van der Waals surface area contributed by atoms with Gasteiger partial charge >= 0.3 is 0 Å². The van der Waals surface area contributed by atoms with Crippen LogP contribution in [0.25, 0.3) is 0 Å². The lowest BCUT2D eigenvalue weighted by Crippen LogP contribution is -2.52. The van der Waals surface area contributed by atoms with E-state index in [1.807, 2.05) is 7.11 Å². The van der Waals surface area contributed by atoms with E-state index in [4.69, 9.17) is 4.74 Å². The number of aliphatic hydroxyl groups excluding tert-OH is 1. The number of methoxy groups -OCH3 is 1. The van der Waals surface area contributed by atoms with E-state index in [1.54, 1.807) is 0 Å². The summed E-state index contributed by atoms with van der Waals surface area (Å²) in [4.78, 5) is 2.52. The fourth-order valence-electron chi connectivity index (χ4n) is 3.97. The molecule has 3 unspecified atom stereocenters. The largest absolute Gasteiger partial charge is 0.394 e. The molecule has 2 rings (SSSR count). The molecule has 1 saturated heterocycles. The van der Waals surface area contributed by atoms with Gasteiger partial charge in [-0.2, -0.15) is 0 Å². The van der Waals surface area contributed by atoms with Crippen molar-refractivity contribution in [3.8, 4) is 0 Å². The molecule has 0 radical (unpaired) electrons. The van der Waals surface area contributed by atoms with Crippen LogP contribution in [0.15, 0.2) is 0 Å². The highest BCUT2D eigenvalue weighted by molar-refractivity contribution is 4.99. The third kappa shape index (κ3) is 3.73. The van der Waals surface area contributed by atoms with Crippen molar-refractivity contribution in [2.24, 2.45) is 5.92 Å². The van der Waals surface area contributed by atoms with Gasteiger partial charge in [0.25, 0.3) is 0 Å². The molecule has 4 heteroatoms. The van der Waals surface area contributed by atoms with Gasteiger partial charge in [0, 0.05) is 25.7 Å². The monoisotopic (exact) mass is 284 g/mol. The molecule has 0 bridgehead atoms. The third-order valence-electron chi connectivity index (χ3n) is 5.32. The minimum atomic E-state index is -0.00358. The Kier molecular flexibility index (Phi) is 6.27. The Bertz CT molecular complexity index is 288. The number of hydrogen-bond donors (Lipinski definition) is 2. The minimum Gasteiger partial charge on any atom is -0.394 e. The second kappa shape index (κ2) is 7.74. The second-order valence-corrected chi connectivity index (χ2v) is 6.57. The van der Waals surface area contributed by atoms with Crippen molar-refractivity contribution in [1.82, 2.24) is 10.2 Å². The number of aliphatic hydroxyl groups is 1. The maximum atomic E-state index is 9.89. The van der Waals surface area contributed by atoms with Gasteiger partial charge in [-0.15, -0.1) is 0 Å². The highest BCUT2D eigenvalue weighted by Gasteiger charge is 2.41. The molecule has 1 aliphatic heterocycles. The lowest BCUT2D eigenvalue weighted by Gasteiger charge is -2.36. The summed E-state index contributed by atoms with van der Waals surface area (Å²) in [7, 11) is 1.82. The van der Waals surface area contributed by atoms with Gasteiger partial charge in [-0.3, -0.25) is 0 Å². The molecule has 0 spiro atoms.